The van der Waals surface area contributed by atoms with Gasteiger partial charge >= 0.3 is 0 Å². The van der Waals surface area contributed by atoms with Gasteiger partial charge in [0.05, 0.1) is 0 Å². The molecule has 1 heterocycles. The number of rotatable bonds is 3. The standard InChI is InChI=1S/C9H18N2/c1-6(2)3-11-9-7-4-10-5-8(7)9/h6-11H,3-5H2,1-2H3. The smallest absolute Gasteiger partial charge is 0.0155 e. The van der Waals surface area contributed by atoms with Gasteiger partial charge in [0.2, 0.25) is 0 Å². The van der Waals surface area contributed by atoms with Crippen LogP contribution in [-0.4, -0.2) is 25.7 Å². The van der Waals surface area contributed by atoms with Gasteiger partial charge in [0.1, 0.15) is 0 Å². The predicted molar refractivity (Wildman–Crippen MR) is 46.5 cm³/mol. The molecule has 1 saturated carbocycles. The summed E-state index contributed by atoms with van der Waals surface area (Å²) in [6, 6.07) is 0.860. The number of fused-ring (bicyclic) bond motifs is 1. The van der Waals surface area contributed by atoms with Crippen LogP contribution in [0.15, 0.2) is 0 Å². The monoisotopic (exact) mass is 154 g/mol. The minimum Gasteiger partial charge on any atom is -0.316 e. The van der Waals surface area contributed by atoms with Gasteiger partial charge < -0.3 is 10.6 Å². The van der Waals surface area contributed by atoms with Crippen molar-refractivity contribution in [1.82, 2.24) is 10.6 Å². The molecule has 1 saturated heterocycles. The molecule has 2 unspecified atom stereocenters. The Morgan fingerprint density at radius 1 is 1.36 bits per heavy atom. The summed E-state index contributed by atoms with van der Waals surface area (Å²) in [4.78, 5) is 0. The van der Waals surface area contributed by atoms with Crippen LogP contribution in [0.4, 0.5) is 0 Å². The molecule has 0 aromatic carbocycles. The quantitative estimate of drug-likeness (QED) is 0.617. The molecule has 0 radical (unpaired) electrons. The van der Waals surface area contributed by atoms with E-state index < -0.39 is 0 Å². The normalized spacial score (nSPS) is 41.2. The second kappa shape index (κ2) is 2.76. The number of nitrogens with one attached hydrogen (secondary N) is 2. The SMILES string of the molecule is CC(C)CNC1C2CNCC21. The highest BCUT2D eigenvalue weighted by atomic mass is 15.1. The third kappa shape index (κ3) is 1.42. The van der Waals surface area contributed by atoms with E-state index in [1.54, 1.807) is 0 Å². The summed E-state index contributed by atoms with van der Waals surface area (Å²) in [7, 11) is 0. The first-order valence-electron chi connectivity index (χ1n) is 4.73. The van der Waals surface area contributed by atoms with Gasteiger partial charge in [-0.25, -0.2) is 0 Å². The summed E-state index contributed by atoms with van der Waals surface area (Å²) < 4.78 is 0. The summed E-state index contributed by atoms with van der Waals surface area (Å²) >= 11 is 0. The highest BCUT2D eigenvalue weighted by Crippen LogP contribution is 2.41. The molecule has 2 aliphatic rings. The van der Waals surface area contributed by atoms with Crippen LogP contribution in [0, 0.1) is 17.8 Å². The zero-order chi connectivity index (χ0) is 7.84. The lowest BCUT2D eigenvalue weighted by atomic mass is 10.2. The number of piperidine rings is 1. The van der Waals surface area contributed by atoms with Gasteiger partial charge in [-0.2, -0.15) is 0 Å². The average molecular weight is 154 g/mol. The molecule has 2 nitrogen and oxygen atoms in total. The molecular weight excluding hydrogens is 136 g/mol. The Labute approximate surface area is 68.7 Å². The third-order valence-electron chi connectivity index (χ3n) is 2.85. The van der Waals surface area contributed by atoms with Crippen LogP contribution in [0.2, 0.25) is 0 Å². The zero-order valence-electron chi connectivity index (χ0n) is 7.43. The highest BCUT2D eigenvalue weighted by molar-refractivity contribution is 5.09. The van der Waals surface area contributed by atoms with E-state index in [0.29, 0.717) is 0 Å². The van der Waals surface area contributed by atoms with Crippen molar-refractivity contribution in [3.63, 3.8) is 0 Å². The minimum atomic E-state index is 0.796. The van der Waals surface area contributed by atoms with E-state index in [0.717, 1.165) is 23.8 Å². The Bertz CT molecular complexity index is 134. The average Bonchev–Trinajstić information content (AvgIpc) is 2.44. The fraction of sp³-hybridized carbons (Fsp3) is 1.00. The van der Waals surface area contributed by atoms with Crippen LogP contribution < -0.4 is 10.6 Å². The summed E-state index contributed by atoms with van der Waals surface area (Å²) in [5, 5.41) is 7.02. The van der Waals surface area contributed by atoms with E-state index in [-0.39, 0.29) is 0 Å². The predicted octanol–water partition coefficient (Wildman–Crippen LogP) is 0.450. The van der Waals surface area contributed by atoms with Crippen molar-refractivity contribution in [2.45, 2.75) is 19.9 Å². The van der Waals surface area contributed by atoms with E-state index >= 15 is 0 Å². The van der Waals surface area contributed by atoms with Gasteiger partial charge in [0.15, 0.2) is 0 Å². The maximum absolute atomic E-state index is 3.62. The molecule has 0 spiro atoms. The van der Waals surface area contributed by atoms with Gasteiger partial charge in [-0.1, -0.05) is 13.8 Å². The van der Waals surface area contributed by atoms with Gasteiger partial charge in [0, 0.05) is 6.04 Å². The van der Waals surface area contributed by atoms with Crippen LogP contribution in [-0.2, 0) is 0 Å². The number of hydrogen-bond donors (Lipinski definition) is 2. The molecule has 11 heavy (non-hydrogen) atoms. The summed E-state index contributed by atoms with van der Waals surface area (Å²) in [6.45, 7) is 8.23. The first-order chi connectivity index (χ1) is 5.29. The molecule has 2 fully saturated rings. The van der Waals surface area contributed by atoms with Gasteiger partial charge in [0.25, 0.3) is 0 Å². The molecule has 0 bridgehead atoms. The van der Waals surface area contributed by atoms with Crippen molar-refractivity contribution in [3.8, 4) is 0 Å². The Kier molecular flexibility index (Phi) is 1.90. The van der Waals surface area contributed by atoms with Crippen molar-refractivity contribution in [1.29, 1.82) is 0 Å². The molecule has 0 aromatic rings. The van der Waals surface area contributed by atoms with Crippen molar-refractivity contribution >= 4 is 0 Å². The molecule has 0 amide bonds. The molecule has 2 atom stereocenters. The Hall–Kier alpha value is -0.0800. The van der Waals surface area contributed by atoms with E-state index in [4.69, 9.17) is 0 Å². The van der Waals surface area contributed by atoms with E-state index in [1.807, 2.05) is 0 Å². The molecular formula is C9H18N2. The fourth-order valence-electron chi connectivity index (χ4n) is 2.09. The molecule has 1 aliphatic carbocycles. The lowest BCUT2D eigenvalue weighted by Gasteiger charge is -2.08. The van der Waals surface area contributed by atoms with Crippen LogP contribution in [0.1, 0.15) is 13.8 Å². The van der Waals surface area contributed by atoms with Gasteiger partial charge in [-0.15, -0.1) is 0 Å². The summed E-state index contributed by atoms with van der Waals surface area (Å²) in [6.07, 6.45) is 0. The van der Waals surface area contributed by atoms with Crippen LogP contribution in [0.3, 0.4) is 0 Å². The third-order valence-corrected chi connectivity index (χ3v) is 2.85. The lowest BCUT2D eigenvalue weighted by molar-refractivity contribution is 0.503. The molecule has 64 valence electrons. The van der Waals surface area contributed by atoms with E-state index in [1.165, 1.54) is 19.6 Å². The van der Waals surface area contributed by atoms with Crippen LogP contribution >= 0.6 is 0 Å². The Balaban J connectivity index is 1.67. The largest absolute Gasteiger partial charge is 0.316 e. The minimum absolute atomic E-state index is 0.796. The molecule has 2 N–H and O–H groups in total. The Morgan fingerprint density at radius 3 is 2.55 bits per heavy atom. The van der Waals surface area contributed by atoms with Gasteiger partial charge in [-0.05, 0) is 37.4 Å². The molecule has 1 aliphatic heterocycles. The van der Waals surface area contributed by atoms with Crippen molar-refractivity contribution < 1.29 is 0 Å². The molecule has 2 rings (SSSR count). The maximum atomic E-state index is 3.62. The van der Waals surface area contributed by atoms with E-state index in [2.05, 4.69) is 24.5 Å². The maximum Gasteiger partial charge on any atom is 0.0155 e. The van der Waals surface area contributed by atoms with Crippen molar-refractivity contribution in [2.24, 2.45) is 17.8 Å². The van der Waals surface area contributed by atoms with Crippen LogP contribution in [0.5, 0.6) is 0 Å². The summed E-state index contributed by atoms with van der Waals surface area (Å²) in [5.41, 5.74) is 0. The number of hydrogen-bond acceptors (Lipinski definition) is 2. The lowest BCUT2D eigenvalue weighted by Crippen LogP contribution is -2.30. The van der Waals surface area contributed by atoms with Crippen molar-refractivity contribution in [2.75, 3.05) is 19.6 Å². The zero-order valence-corrected chi connectivity index (χ0v) is 7.43. The molecule has 2 heteroatoms. The Morgan fingerprint density at radius 2 is 2.00 bits per heavy atom. The second-order valence-electron chi connectivity index (χ2n) is 4.31. The topological polar surface area (TPSA) is 24.1 Å². The van der Waals surface area contributed by atoms with E-state index in [9.17, 15) is 0 Å². The molecule has 0 aromatic heterocycles. The first-order valence-corrected chi connectivity index (χ1v) is 4.73. The highest BCUT2D eigenvalue weighted by Gasteiger charge is 2.52. The van der Waals surface area contributed by atoms with Crippen molar-refractivity contribution in [3.05, 3.63) is 0 Å². The van der Waals surface area contributed by atoms with Crippen LogP contribution in [0.25, 0.3) is 0 Å². The second-order valence-corrected chi connectivity index (χ2v) is 4.31. The first kappa shape index (κ1) is 7.56. The fourth-order valence-corrected chi connectivity index (χ4v) is 2.09. The summed E-state index contributed by atoms with van der Waals surface area (Å²) in [5.74, 6) is 2.73. The van der Waals surface area contributed by atoms with Gasteiger partial charge in [-0.3, -0.25) is 0 Å².